The van der Waals surface area contributed by atoms with Gasteiger partial charge in [0.15, 0.2) is 0 Å². The fourth-order valence-electron chi connectivity index (χ4n) is 11.8. The first-order chi connectivity index (χ1) is 31.7. The molecule has 0 aromatic heterocycles. The number of carbonyl (C=O) groups excluding carboxylic acids is 4. The molecule has 6 aliphatic rings. The van der Waals surface area contributed by atoms with Gasteiger partial charge < -0.3 is 29.9 Å². The van der Waals surface area contributed by atoms with Gasteiger partial charge in [0.2, 0.25) is 11.8 Å². The van der Waals surface area contributed by atoms with E-state index in [1.807, 2.05) is 53.7 Å². The number of alkyl carbamates (subject to hydrolysis) is 2. The van der Waals surface area contributed by atoms with Crippen LogP contribution in [-0.2, 0) is 31.9 Å². The van der Waals surface area contributed by atoms with Crippen LogP contribution in [0.4, 0.5) is 9.59 Å². The van der Waals surface area contributed by atoms with Crippen molar-refractivity contribution in [3.63, 3.8) is 0 Å². The highest BCUT2D eigenvalue weighted by molar-refractivity contribution is 6.31. The average Bonchev–Trinajstić information content (AvgIpc) is 3.83. The minimum Gasteiger partial charge on any atom is -0.444 e. The number of nitrogens with one attached hydrogen (secondary N) is 2. The highest BCUT2D eigenvalue weighted by Crippen LogP contribution is 2.46. The number of halogens is 2. The second-order valence-electron chi connectivity index (χ2n) is 22.3. The first-order valence-electron chi connectivity index (χ1n) is 25.3. The molecule has 2 aromatic carbocycles. The molecule has 10 nitrogen and oxygen atoms in total. The van der Waals surface area contributed by atoms with Crippen molar-refractivity contribution in [2.75, 3.05) is 26.2 Å². The maximum absolute atomic E-state index is 13.7. The predicted octanol–water partition coefficient (Wildman–Crippen LogP) is 12.2. The summed E-state index contributed by atoms with van der Waals surface area (Å²) in [6.45, 7) is 20.7. The third kappa shape index (κ3) is 12.4. The Morgan fingerprint density at radius 1 is 0.642 bits per heavy atom. The van der Waals surface area contributed by atoms with Crippen LogP contribution in [-0.4, -0.2) is 83.3 Å². The molecular formula is C55H76Cl2N4O6. The van der Waals surface area contributed by atoms with Gasteiger partial charge in [-0.1, -0.05) is 56.1 Å². The van der Waals surface area contributed by atoms with Crippen molar-refractivity contribution < 1.29 is 28.7 Å². The molecule has 0 spiro atoms. The Kier molecular flexibility index (Phi) is 16.2. The number of benzene rings is 2. The smallest absolute Gasteiger partial charge is 0.407 e. The van der Waals surface area contributed by atoms with Gasteiger partial charge >= 0.3 is 12.2 Å². The topological polar surface area (TPSA) is 117 Å². The van der Waals surface area contributed by atoms with E-state index in [1.54, 1.807) is 0 Å². The van der Waals surface area contributed by atoms with Crippen LogP contribution in [0, 0.1) is 29.6 Å². The molecular weight excluding hydrogens is 884 g/mol. The zero-order valence-corrected chi connectivity index (χ0v) is 43.1. The van der Waals surface area contributed by atoms with E-state index in [2.05, 4.69) is 65.5 Å². The zero-order valence-electron chi connectivity index (χ0n) is 41.6. The van der Waals surface area contributed by atoms with Gasteiger partial charge in [-0.2, -0.15) is 0 Å². The van der Waals surface area contributed by atoms with Gasteiger partial charge in [-0.25, -0.2) is 9.59 Å². The molecule has 2 aliphatic heterocycles. The van der Waals surface area contributed by atoms with E-state index in [1.165, 1.54) is 44.5 Å². The molecule has 4 amide bonds. The van der Waals surface area contributed by atoms with E-state index in [4.69, 9.17) is 32.7 Å². The van der Waals surface area contributed by atoms with Crippen LogP contribution in [0.15, 0.2) is 47.5 Å². The average molecular weight is 960 g/mol. The van der Waals surface area contributed by atoms with E-state index >= 15 is 0 Å². The van der Waals surface area contributed by atoms with Crippen LogP contribution >= 0.6 is 23.2 Å². The Morgan fingerprint density at radius 3 is 1.49 bits per heavy atom. The predicted molar refractivity (Wildman–Crippen MR) is 269 cm³/mol. The molecule has 67 heavy (non-hydrogen) atoms. The Bertz CT molecular complexity index is 2220. The Balaban J connectivity index is 0.000000199. The van der Waals surface area contributed by atoms with Crippen molar-refractivity contribution in [3.05, 3.63) is 79.8 Å². The highest BCUT2D eigenvalue weighted by Gasteiger charge is 2.42. The summed E-state index contributed by atoms with van der Waals surface area (Å²) in [5.41, 5.74) is 10.0. The van der Waals surface area contributed by atoms with Gasteiger partial charge in [0, 0.05) is 48.1 Å². The second kappa shape index (κ2) is 21.3. The van der Waals surface area contributed by atoms with E-state index in [0.29, 0.717) is 42.7 Å². The first kappa shape index (κ1) is 50.8. The van der Waals surface area contributed by atoms with Crippen LogP contribution in [0.5, 0.6) is 0 Å². The SMILES string of the molecule is CC(C)C1C2=C(CCN1C(=O)C1CCC(CNC(=O)OC(C)(C)C)CC1)c1ccc(Cl)cc1C2.CCC1C2=C(CCN1C(=O)C1CCC(CNC(=O)OC(C)(C)C)CC1)c1ccc(Cl)cc1C2. The lowest BCUT2D eigenvalue weighted by molar-refractivity contribution is -0.140. The second-order valence-corrected chi connectivity index (χ2v) is 23.2. The molecule has 2 unspecified atom stereocenters. The van der Waals surface area contributed by atoms with Crippen LogP contribution in [0.1, 0.15) is 155 Å². The Hall–Kier alpha value is -4.02. The number of carbonyl (C=O) groups is 4. The van der Waals surface area contributed by atoms with Gasteiger partial charge in [-0.05, 0) is 212 Å². The maximum Gasteiger partial charge on any atom is 0.407 e. The van der Waals surface area contributed by atoms with Crippen molar-refractivity contribution in [3.8, 4) is 0 Å². The number of rotatable bonds is 8. The van der Waals surface area contributed by atoms with Gasteiger partial charge in [-0.3, -0.25) is 9.59 Å². The number of nitrogens with zero attached hydrogens (tertiary/aromatic N) is 2. The largest absolute Gasteiger partial charge is 0.444 e. The number of hydrogen-bond acceptors (Lipinski definition) is 6. The molecule has 0 radical (unpaired) electrons. The van der Waals surface area contributed by atoms with Gasteiger partial charge in [-0.15, -0.1) is 0 Å². The summed E-state index contributed by atoms with van der Waals surface area (Å²) in [6, 6.07) is 12.8. The fraction of sp³-hybridized carbons (Fsp3) is 0.636. The number of fused-ring (bicyclic) bond motifs is 4. The minimum atomic E-state index is -0.488. The van der Waals surface area contributed by atoms with E-state index < -0.39 is 11.2 Å². The van der Waals surface area contributed by atoms with E-state index in [9.17, 15) is 19.2 Å². The van der Waals surface area contributed by atoms with Crippen molar-refractivity contribution >= 4 is 58.3 Å². The van der Waals surface area contributed by atoms with Gasteiger partial charge in [0.1, 0.15) is 11.2 Å². The van der Waals surface area contributed by atoms with Crippen LogP contribution in [0.3, 0.4) is 0 Å². The molecule has 2 atom stereocenters. The van der Waals surface area contributed by atoms with Crippen molar-refractivity contribution in [2.24, 2.45) is 29.6 Å². The van der Waals surface area contributed by atoms with Gasteiger partial charge in [0.25, 0.3) is 0 Å². The summed E-state index contributed by atoms with van der Waals surface area (Å²) < 4.78 is 10.7. The van der Waals surface area contributed by atoms with Crippen LogP contribution in [0.2, 0.25) is 10.0 Å². The summed E-state index contributed by atoms with van der Waals surface area (Å²) >= 11 is 12.5. The van der Waals surface area contributed by atoms with Crippen molar-refractivity contribution in [1.29, 1.82) is 0 Å². The summed E-state index contributed by atoms with van der Waals surface area (Å²) in [4.78, 5) is 55.5. The molecule has 366 valence electrons. The van der Waals surface area contributed by atoms with Crippen molar-refractivity contribution in [1.82, 2.24) is 20.4 Å². The number of ether oxygens (including phenoxy) is 2. The molecule has 2 fully saturated rings. The molecule has 0 bridgehead atoms. The van der Waals surface area contributed by atoms with Crippen LogP contribution < -0.4 is 10.6 Å². The monoisotopic (exact) mass is 959 g/mol. The molecule has 0 saturated heterocycles. The molecule has 12 heteroatoms. The Labute approximate surface area is 410 Å². The summed E-state index contributed by atoms with van der Waals surface area (Å²) in [5, 5.41) is 7.37. The lowest BCUT2D eigenvalue weighted by Gasteiger charge is -2.42. The lowest BCUT2D eigenvalue weighted by atomic mass is 9.79. The molecule has 4 aliphatic carbocycles. The normalized spacial score (nSPS) is 24.8. The fourth-order valence-corrected chi connectivity index (χ4v) is 12.2. The summed E-state index contributed by atoms with van der Waals surface area (Å²) in [7, 11) is 0. The number of amides is 4. The summed E-state index contributed by atoms with van der Waals surface area (Å²) in [6.07, 6.45) is 11.3. The highest BCUT2D eigenvalue weighted by atomic mass is 35.5. The molecule has 2 N–H and O–H groups in total. The third-order valence-electron chi connectivity index (χ3n) is 14.8. The molecule has 8 rings (SSSR count). The molecule has 2 heterocycles. The Morgan fingerprint density at radius 2 is 1.06 bits per heavy atom. The van der Waals surface area contributed by atoms with E-state index in [0.717, 1.165) is 107 Å². The molecule has 2 saturated carbocycles. The zero-order chi connectivity index (χ0) is 48.4. The first-order valence-corrected chi connectivity index (χ1v) is 26.0. The van der Waals surface area contributed by atoms with Crippen molar-refractivity contribution in [2.45, 2.75) is 169 Å². The quantitative estimate of drug-likeness (QED) is 0.272. The maximum atomic E-state index is 13.7. The van der Waals surface area contributed by atoms with E-state index in [-0.39, 0.29) is 36.1 Å². The standard InChI is InChI=1S/C28H39ClN2O3.C27H37ClN2O3/c1-17(2)25-24-15-20-14-21(29)10-11-22(20)23(24)12-13-31(25)26(32)19-8-6-18(7-9-19)16-30-27(33)34-28(3,4)5;1-5-24-23-15-19-14-20(28)10-11-21(19)22(23)12-13-30(24)25(31)18-8-6-17(7-9-18)16-29-26(32)33-27(2,3)4/h10-11,14,17-19,25H,6-9,12-13,15-16H2,1-5H3,(H,30,33);10-11,14,17-18,24H,5-9,12-13,15-16H2,1-4H3,(H,29,32). The minimum absolute atomic E-state index is 0.0828. The molecule has 2 aromatic rings. The number of hydrogen-bond donors (Lipinski definition) is 2. The van der Waals surface area contributed by atoms with Crippen LogP contribution in [0.25, 0.3) is 11.1 Å². The lowest BCUT2D eigenvalue weighted by Crippen LogP contribution is -2.50. The third-order valence-corrected chi connectivity index (χ3v) is 15.3. The van der Waals surface area contributed by atoms with Gasteiger partial charge in [0.05, 0.1) is 12.1 Å². The summed E-state index contributed by atoms with van der Waals surface area (Å²) in [5.74, 6) is 2.00.